The second kappa shape index (κ2) is 6.06. The molecule has 0 aliphatic rings. The fourth-order valence-corrected chi connectivity index (χ4v) is 2.74. The fraction of sp³-hybridized carbons (Fsp3) is 0.0588. The van der Waals surface area contributed by atoms with Crippen molar-refractivity contribution in [3.63, 3.8) is 0 Å². The number of hydrogen-bond donors (Lipinski definition) is 1. The number of para-hydroxylation sites is 1. The Bertz CT molecular complexity index is 802. The van der Waals surface area contributed by atoms with Crippen LogP contribution in [0.5, 0.6) is 0 Å². The first-order chi connectivity index (χ1) is 10.3. The van der Waals surface area contributed by atoms with E-state index in [1.54, 1.807) is 12.3 Å². The molecule has 104 valence electrons. The average molecular weight is 341 g/mol. The summed E-state index contributed by atoms with van der Waals surface area (Å²) in [7, 11) is 0. The number of halogens is 1. The monoisotopic (exact) mass is 340 g/mol. The molecule has 0 saturated heterocycles. The minimum absolute atomic E-state index is 0.617. The molecule has 4 heteroatoms. The first kappa shape index (κ1) is 13.8. The van der Waals surface area contributed by atoms with E-state index in [4.69, 9.17) is 0 Å². The summed E-state index contributed by atoms with van der Waals surface area (Å²) in [5, 5.41) is 4.39. The van der Waals surface area contributed by atoms with Crippen molar-refractivity contribution in [2.24, 2.45) is 0 Å². The molecule has 0 atom stereocenters. The summed E-state index contributed by atoms with van der Waals surface area (Å²) in [6.07, 6.45) is 2.65. The summed E-state index contributed by atoms with van der Waals surface area (Å²) in [5.41, 5.74) is 3.55. The minimum Gasteiger partial charge on any atom is -0.380 e. The fourth-order valence-electron chi connectivity index (χ4n) is 2.29. The topological polar surface area (TPSA) is 42.0 Å². The molecule has 0 amide bonds. The quantitative estimate of drug-likeness (QED) is 0.714. The van der Waals surface area contributed by atoms with Gasteiger partial charge in [0, 0.05) is 33.9 Å². The number of hydrogen-bond acceptors (Lipinski definition) is 3. The van der Waals surface area contributed by atoms with Gasteiger partial charge in [0.25, 0.3) is 0 Å². The number of pyridine rings is 1. The Kier molecular flexibility index (Phi) is 3.97. The van der Waals surface area contributed by atoms with Crippen molar-refractivity contribution >= 4 is 38.8 Å². The molecule has 0 saturated carbocycles. The lowest BCUT2D eigenvalue weighted by Crippen LogP contribution is -2.03. The van der Waals surface area contributed by atoms with Crippen molar-refractivity contribution < 1.29 is 4.79 Å². The summed E-state index contributed by atoms with van der Waals surface area (Å²) in [6.45, 7) is 0.617. The molecule has 0 aliphatic heterocycles. The maximum atomic E-state index is 11.0. The third kappa shape index (κ3) is 2.81. The summed E-state index contributed by atoms with van der Waals surface area (Å²) < 4.78 is 1.03. The van der Waals surface area contributed by atoms with Crippen LogP contribution in [0, 0.1) is 0 Å². The van der Waals surface area contributed by atoms with Gasteiger partial charge in [-0.05, 0) is 29.8 Å². The Morgan fingerprint density at radius 2 is 1.95 bits per heavy atom. The van der Waals surface area contributed by atoms with Crippen LogP contribution in [-0.4, -0.2) is 11.3 Å². The molecule has 3 rings (SSSR count). The van der Waals surface area contributed by atoms with Crippen LogP contribution in [0.15, 0.2) is 59.2 Å². The zero-order valence-corrected chi connectivity index (χ0v) is 12.8. The van der Waals surface area contributed by atoms with E-state index >= 15 is 0 Å². The number of aldehydes is 1. The molecule has 21 heavy (non-hydrogen) atoms. The zero-order chi connectivity index (χ0) is 14.7. The van der Waals surface area contributed by atoms with E-state index in [0.717, 1.165) is 32.9 Å². The van der Waals surface area contributed by atoms with Crippen molar-refractivity contribution in [3.05, 3.63) is 70.3 Å². The summed E-state index contributed by atoms with van der Waals surface area (Å²) in [4.78, 5) is 15.5. The SMILES string of the molecule is O=Cc1ccccc1NCc1ccc(Br)c2cccnc12. The van der Waals surface area contributed by atoms with E-state index in [1.807, 2.05) is 42.5 Å². The van der Waals surface area contributed by atoms with Crippen LogP contribution in [0.3, 0.4) is 0 Å². The van der Waals surface area contributed by atoms with Gasteiger partial charge in [-0.3, -0.25) is 9.78 Å². The predicted octanol–water partition coefficient (Wildman–Crippen LogP) is 4.42. The molecule has 0 radical (unpaired) electrons. The second-order valence-corrected chi connectivity index (χ2v) is 5.52. The molecule has 1 aromatic heterocycles. The van der Waals surface area contributed by atoms with Gasteiger partial charge in [0.05, 0.1) is 5.52 Å². The highest BCUT2D eigenvalue weighted by Crippen LogP contribution is 2.26. The third-order valence-electron chi connectivity index (χ3n) is 3.36. The maximum absolute atomic E-state index is 11.0. The van der Waals surface area contributed by atoms with E-state index in [2.05, 4.69) is 26.2 Å². The average Bonchev–Trinajstić information content (AvgIpc) is 2.55. The van der Waals surface area contributed by atoms with Crippen LogP contribution >= 0.6 is 15.9 Å². The van der Waals surface area contributed by atoms with E-state index < -0.39 is 0 Å². The standard InChI is InChI=1S/C17H13BrN2O/c18-15-8-7-12(17-14(15)5-3-9-19-17)10-20-16-6-2-1-4-13(16)11-21/h1-9,11,20H,10H2. The Morgan fingerprint density at radius 3 is 2.81 bits per heavy atom. The number of aromatic nitrogens is 1. The lowest BCUT2D eigenvalue weighted by molar-refractivity contribution is 0.112. The molecule has 1 heterocycles. The number of rotatable bonds is 4. The molecule has 0 aliphatic carbocycles. The van der Waals surface area contributed by atoms with E-state index in [0.29, 0.717) is 12.1 Å². The Labute approximate surface area is 131 Å². The predicted molar refractivity (Wildman–Crippen MR) is 88.6 cm³/mol. The highest BCUT2D eigenvalue weighted by molar-refractivity contribution is 9.10. The van der Waals surface area contributed by atoms with Crippen LogP contribution in [0.4, 0.5) is 5.69 Å². The molecule has 0 unspecified atom stereocenters. The lowest BCUT2D eigenvalue weighted by Gasteiger charge is -2.11. The normalized spacial score (nSPS) is 10.5. The highest BCUT2D eigenvalue weighted by Gasteiger charge is 2.06. The van der Waals surface area contributed by atoms with Gasteiger partial charge in [0.15, 0.2) is 6.29 Å². The van der Waals surface area contributed by atoms with Crippen LogP contribution in [0.2, 0.25) is 0 Å². The van der Waals surface area contributed by atoms with Crippen molar-refractivity contribution in [3.8, 4) is 0 Å². The van der Waals surface area contributed by atoms with Gasteiger partial charge in [-0.15, -0.1) is 0 Å². The second-order valence-electron chi connectivity index (χ2n) is 4.66. The first-order valence-electron chi connectivity index (χ1n) is 6.60. The smallest absolute Gasteiger partial charge is 0.152 e. The Hall–Kier alpha value is -2.20. The van der Waals surface area contributed by atoms with Gasteiger partial charge < -0.3 is 5.32 Å². The largest absolute Gasteiger partial charge is 0.380 e. The minimum atomic E-state index is 0.617. The van der Waals surface area contributed by atoms with Crippen LogP contribution in [0.25, 0.3) is 10.9 Å². The number of anilines is 1. The van der Waals surface area contributed by atoms with Gasteiger partial charge >= 0.3 is 0 Å². The Balaban J connectivity index is 1.92. The molecule has 3 nitrogen and oxygen atoms in total. The van der Waals surface area contributed by atoms with Gasteiger partial charge in [-0.25, -0.2) is 0 Å². The zero-order valence-electron chi connectivity index (χ0n) is 11.2. The molecule has 0 spiro atoms. The molecule has 3 aromatic rings. The molecule has 0 bridgehead atoms. The molecular formula is C17H13BrN2O. The number of nitrogens with zero attached hydrogens (tertiary/aromatic N) is 1. The van der Waals surface area contributed by atoms with Gasteiger partial charge in [0.1, 0.15) is 0 Å². The summed E-state index contributed by atoms with van der Waals surface area (Å²) >= 11 is 3.54. The first-order valence-corrected chi connectivity index (χ1v) is 7.39. The van der Waals surface area contributed by atoms with Crippen molar-refractivity contribution in [1.29, 1.82) is 0 Å². The number of carbonyl (C=O) groups is 1. The van der Waals surface area contributed by atoms with Crippen molar-refractivity contribution in [2.75, 3.05) is 5.32 Å². The maximum Gasteiger partial charge on any atom is 0.152 e. The summed E-state index contributed by atoms with van der Waals surface area (Å²) in [5.74, 6) is 0. The van der Waals surface area contributed by atoms with Crippen LogP contribution in [-0.2, 0) is 6.54 Å². The molecule has 1 N–H and O–H groups in total. The van der Waals surface area contributed by atoms with Gasteiger partial charge in [0.2, 0.25) is 0 Å². The molecular weight excluding hydrogens is 328 g/mol. The number of fused-ring (bicyclic) bond motifs is 1. The molecule has 2 aromatic carbocycles. The Morgan fingerprint density at radius 1 is 1.10 bits per heavy atom. The van der Waals surface area contributed by atoms with Crippen LogP contribution in [0.1, 0.15) is 15.9 Å². The van der Waals surface area contributed by atoms with Gasteiger partial charge in [-0.2, -0.15) is 0 Å². The van der Waals surface area contributed by atoms with E-state index in [1.165, 1.54) is 0 Å². The van der Waals surface area contributed by atoms with E-state index in [9.17, 15) is 4.79 Å². The van der Waals surface area contributed by atoms with Gasteiger partial charge in [-0.1, -0.05) is 40.2 Å². The van der Waals surface area contributed by atoms with E-state index in [-0.39, 0.29) is 0 Å². The number of benzene rings is 2. The van der Waals surface area contributed by atoms with Crippen molar-refractivity contribution in [1.82, 2.24) is 4.98 Å². The third-order valence-corrected chi connectivity index (χ3v) is 4.05. The highest BCUT2D eigenvalue weighted by atomic mass is 79.9. The summed E-state index contributed by atoms with van der Waals surface area (Å²) in [6, 6.07) is 15.5. The van der Waals surface area contributed by atoms with Crippen molar-refractivity contribution in [2.45, 2.75) is 6.54 Å². The van der Waals surface area contributed by atoms with Crippen LogP contribution < -0.4 is 5.32 Å². The number of nitrogens with one attached hydrogen (secondary N) is 1. The molecule has 0 fully saturated rings. The number of carbonyl (C=O) groups excluding carboxylic acids is 1. The lowest BCUT2D eigenvalue weighted by atomic mass is 10.1.